The largest absolute Gasteiger partial charge is 0.464 e. The van der Waals surface area contributed by atoms with Gasteiger partial charge in [-0.25, -0.2) is 4.98 Å². The van der Waals surface area contributed by atoms with E-state index in [1.807, 2.05) is 0 Å². The van der Waals surface area contributed by atoms with Crippen LogP contribution in [0.4, 0.5) is 5.82 Å². The highest BCUT2D eigenvalue weighted by Crippen LogP contribution is 2.47. The number of hydrogen-bond acceptors (Lipinski definition) is 6. The first-order valence-electron chi connectivity index (χ1n) is 9.28. The Balaban J connectivity index is 1.30. The molecule has 7 heteroatoms. The van der Waals surface area contributed by atoms with Gasteiger partial charge in [-0.3, -0.25) is 9.69 Å². The molecule has 1 aliphatic heterocycles. The van der Waals surface area contributed by atoms with Crippen LogP contribution in [0.15, 0.2) is 33.7 Å². The van der Waals surface area contributed by atoms with Crippen LogP contribution in [0.5, 0.6) is 0 Å². The van der Waals surface area contributed by atoms with Crippen molar-refractivity contribution in [1.82, 2.24) is 14.5 Å². The summed E-state index contributed by atoms with van der Waals surface area (Å²) in [4.78, 5) is 18.5. The van der Waals surface area contributed by atoms with Gasteiger partial charge in [-0.1, -0.05) is 6.92 Å². The molecule has 0 radical (unpaired) electrons. The molecule has 2 aromatic heterocycles. The molecule has 0 aromatic carbocycles. The smallest absolute Gasteiger partial charge is 0.293 e. The second-order valence-corrected chi connectivity index (χ2v) is 7.42. The SMILES string of the molecule is C[C@@H]1C[C@H]1c1ccc(CN2CCO[C@H](CNc3nccn(C)c3=O)C2)o1. The number of nitrogens with zero attached hydrogens (tertiary/aromatic N) is 3. The minimum Gasteiger partial charge on any atom is -0.464 e. The number of hydrogen-bond donors (Lipinski definition) is 1. The number of ether oxygens (including phenoxy) is 1. The highest BCUT2D eigenvalue weighted by atomic mass is 16.5. The van der Waals surface area contributed by atoms with Crippen molar-refractivity contribution in [3.05, 3.63) is 46.4 Å². The second kappa shape index (κ2) is 7.25. The van der Waals surface area contributed by atoms with Crippen molar-refractivity contribution in [1.29, 1.82) is 0 Å². The number of aromatic nitrogens is 2. The molecule has 3 atom stereocenters. The van der Waals surface area contributed by atoms with E-state index in [1.54, 1.807) is 19.4 Å². The van der Waals surface area contributed by atoms with E-state index >= 15 is 0 Å². The number of aryl methyl sites for hydroxylation is 1. The van der Waals surface area contributed by atoms with E-state index in [0.717, 1.165) is 37.1 Å². The van der Waals surface area contributed by atoms with Crippen LogP contribution < -0.4 is 10.9 Å². The molecule has 4 rings (SSSR count). The molecule has 1 aliphatic carbocycles. The van der Waals surface area contributed by atoms with Crippen LogP contribution in [0.2, 0.25) is 0 Å². The molecule has 3 heterocycles. The lowest BCUT2D eigenvalue weighted by atomic mass is 10.2. The van der Waals surface area contributed by atoms with E-state index < -0.39 is 0 Å². The van der Waals surface area contributed by atoms with E-state index in [9.17, 15) is 4.79 Å². The molecule has 1 saturated heterocycles. The Morgan fingerprint density at radius 1 is 1.38 bits per heavy atom. The molecule has 2 aliphatic rings. The molecule has 0 spiro atoms. The maximum absolute atomic E-state index is 12.0. The van der Waals surface area contributed by atoms with Crippen LogP contribution in [0.25, 0.3) is 0 Å². The number of furan rings is 1. The van der Waals surface area contributed by atoms with Crippen molar-refractivity contribution in [3.8, 4) is 0 Å². The Labute approximate surface area is 153 Å². The zero-order valence-electron chi connectivity index (χ0n) is 15.4. The van der Waals surface area contributed by atoms with E-state index in [0.29, 0.717) is 24.9 Å². The van der Waals surface area contributed by atoms with Crippen molar-refractivity contribution in [3.63, 3.8) is 0 Å². The third-order valence-corrected chi connectivity index (χ3v) is 5.27. The lowest BCUT2D eigenvalue weighted by molar-refractivity contribution is -0.0260. The van der Waals surface area contributed by atoms with E-state index in [1.165, 1.54) is 11.0 Å². The van der Waals surface area contributed by atoms with Gasteiger partial charge in [0.25, 0.3) is 5.56 Å². The fourth-order valence-electron chi connectivity index (χ4n) is 3.49. The Kier molecular flexibility index (Phi) is 4.82. The first-order valence-corrected chi connectivity index (χ1v) is 9.28. The summed E-state index contributed by atoms with van der Waals surface area (Å²) in [5.74, 6) is 3.89. The van der Waals surface area contributed by atoms with Crippen molar-refractivity contribution >= 4 is 5.82 Å². The van der Waals surface area contributed by atoms with E-state index in [2.05, 4.69) is 34.3 Å². The number of anilines is 1. The standard InChI is InChI=1S/C19H26N4O3/c1-13-9-16(13)17-4-3-14(26-17)11-23-7-8-25-15(12-23)10-21-18-19(24)22(2)6-5-20-18/h3-6,13,15-16H,7-12H2,1-2H3,(H,20,21)/t13-,15-,16-/m1/s1. The van der Waals surface area contributed by atoms with E-state index in [-0.39, 0.29) is 11.7 Å². The van der Waals surface area contributed by atoms with Crippen molar-refractivity contribution < 1.29 is 9.15 Å². The third kappa shape index (κ3) is 3.83. The van der Waals surface area contributed by atoms with Crippen molar-refractivity contribution in [2.45, 2.75) is 31.9 Å². The summed E-state index contributed by atoms with van der Waals surface area (Å²) in [5, 5.41) is 3.12. The van der Waals surface area contributed by atoms with Crippen LogP contribution >= 0.6 is 0 Å². The monoisotopic (exact) mass is 358 g/mol. The first kappa shape index (κ1) is 17.3. The average molecular weight is 358 g/mol. The molecular weight excluding hydrogens is 332 g/mol. The summed E-state index contributed by atoms with van der Waals surface area (Å²) >= 11 is 0. The average Bonchev–Trinajstić information content (AvgIpc) is 3.18. The molecule has 2 fully saturated rings. The minimum atomic E-state index is -0.127. The maximum atomic E-state index is 12.0. The predicted octanol–water partition coefficient (Wildman–Crippen LogP) is 1.81. The Hall–Kier alpha value is -2.12. The molecule has 1 N–H and O–H groups in total. The molecule has 0 bridgehead atoms. The van der Waals surface area contributed by atoms with Crippen LogP contribution in [0.1, 0.15) is 30.8 Å². The normalized spacial score (nSPS) is 26.0. The highest BCUT2D eigenvalue weighted by Gasteiger charge is 2.36. The lowest BCUT2D eigenvalue weighted by Gasteiger charge is -2.32. The zero-order valence-corrected chi connectivity index (χ0v) is 15.4. The summed E-state index contributed by atoms with van der Waals surface area (Å²) < 4.78 is 13.4. The molecule has 0 amide bonds. The third-order valence-electron chi connectivity index (χ3n) is 5.27. The summed E-state index contributed by atoms with van der Waals surface area (Å²) in [6, 6.07) is 4.22. The van der Waals surface area contributed by atoms with Gasteiger partial charge in [0.2, 0.25) is 0 Å². The summed E-state index contributed by atoms with van der Waals surface area (Å²) in [7, 11) is 1.72. The second-order valence-electron chi connectivity index (χ2n) is 7.42. The van der Waals surface area contributed by atoms with Crippen LogP contribution in [0.3, 0.4) is 0 Å². The molecule has 1 saturated carbocycles. The molecular formula is C19H26N4O3. The number of rotatable bonds is 6. The summed E-state index contributed by atoms with van der Waals surface area (Å²) in [5.41, 5.74) is -0.127. The molecule has 26 heavy (non-hydrogen) atoms. The fourth-order valence-corrected chi connectivity index (χ4v) is 3.49. The van der Waals surface area contributed by atoms with E-state index in [4.69, 9.17) is 9.15 Å². The Morgan fingerprint density at radius 2 is 2.23 bits per heavy atom. The predicted molar refractivity (Wildman–Crippen MR) is 98.2 cm³/mol. The summed E-state index contributed by atoms with van der Waals surface area (Å²) in [6.45, 7) is 5.99. The van der Waals surface area contributed by atoms with Gasteiger partial charge >= 0.3 is 0 Å². The van der Waals surface area contributed by atoms with Gasteiger partial charge in [-0.05, 0) is 24.5 Å². The first-order chi connectivity index (χ1) is 12.6. The van der Waals surface area contributed by atoms with Crippen molar-refractivity contribution in [2.24, 2.45) is 13.0 Å². The Bertz CT molecular complexity index is 815. The minimum absolute atomic E-state index is 0.0216. The summed E-state index contributed by atoms with van der Waals surface area (Å²) in [6.07, 6.45) is 4.53. The topological polar surface area (TPSA) is 72.5 Å². The van der Waals surface area contributed by atoms with Gasteiger partial charge < -0.3 is 19.0 Å². The number of nitrogens with one attached hydrogen (secondary N) is 1. The quantitative estimate of drug-likeness (QED) is 0.849. The zero-order chi connectivity index (χ0) is 18.1. The molecule has 2 aromatic rings. The van der Waals surface area contributed by atoms with Gasteiger partial charge in [0.1, 0.15) is 11.5 Å². The highest BCUT2D eigenvalue weighted by molar-refractivity contribution is 5.30. The van der Waals surface area contributed by atoms with Gasteiger partial charge in [0.15, 0.2) is 5.82 Å². The van der Waals surface area contributed by atoms with Gasteiger partial charge in [-0.15, -0.1) is 0 Å². The molecule has 0 unspecified atom stereocenters. The van der Waals surface area contributed by atoms with Gasteiger partial charge in [0, 0.05) is 45.0 Å². The van der Waals surface area contributed by atoms with Crippen LogP contribution in [-0.2, 0) is 18.3 Å². The van der Waals surface area contributed by atoms with Crippen LogP contribution in [-0.4, -0.2) is 46.8 Å². The lowest BCUT2D eigenvalue weighted by Crippen LogP contribution is -2.45. The number of morpholine rings is 1. The molecule has 7 nitrogen and oxygen atoms in total. The van der Waals surface area contributed by atoms with Gasteiger partial charge in [-0.2, -0.15) is 0 Å². The van der Waals surface area contributed by atoms with Crippen LogP contribution in [0, 0.1) is 5.92 Å². The molecule has 140 valence electrons. The fraction of sp³-hybridized carbons (Fsp3) is 0.579. The van der Waals surface area contributed by atoms with Gasteiger partial charge in [0.05, 0.1) is 19.3 Å². The maximum Gasteiger partial charge on any atom is 0.293 e. The van der Waals surface area contributed by atoms with Crippen molar-refractivity contribution in [2.75, 3.05) is 31.6 Å². The Morgan fingerprint density at radius 3 is 3.04 bits per heavy atom.